The van der Waals surface area contributed by atoms with Crippen LogP contribution in [0.3, 0.4) is 0 Å². The zero-order valence-corrected chi connectivity index (χ0v) is 26.5. The van der Waals surface area contributed by atoms with Gasteiger partial charge >= 0.3 is 6.09 Å². The van der Waals surface area contributed by atoms with Gasteiger partial charge in [-0.25, -0.2) is 4.79 Å². The van der Waals surface area contributed by atoms with Crippen LogP contribution < -0.4 is 0 Å². The van der Waals surface area contributed by atoms with Crippen LogP contribution in [0.25, 0.3) is 0 Å². The number of allylic oxidation sites excluding steroid dienone is 6. The number of carbonyl (C=O) groups excluding carboxylic acids is 2. The lowest BCUT2D eigenvalue weighted by Gasteiger charge is -2.34. The topological polar surface area (TPSA) is 98.0 Å². The first-order chi connectivity index (χ1) is 19.9. The number of amides is 2. The number of ether oxygens (including phenoxy) is 1. The van der Waals surface area contributed by atoms with Crippen LogP contribution in [0.2, 0.25) is 0 Å². The van der Waals surface area contributed by atoms with E-state index < -0.39 is 17.8 Å². The Morgan fingerprint density at radius 2 is 1.81 bits per heavy atom. The van der Waals surface area contributed by atoms with Gasteiger partial charge in [0.1, 0.15) is 11.3 Å². The molecule has 1 atom stereocenters. The number of piperazine rings is 1. The molecular weight excluding hydrogens is 530 g/mol. The molecule has 0 aromatic rings. The molecule has 1 N–H and O–H groups in total. The maximum atomic E-state index is 13.0. The molecule has 1 rings (SSSR count). The van der Waals surface area contributed by atoms with E-state index in [2.05, 4.69) is 28.0 Å². The highest BCUT2D eigenvalue weighted by Crippen LogP contribution is 2.15. The summed E-state index contributed by atoms with van der Waals surface area (Å²) in [6.07, 6.45) is 15.0. The lowest BCUT2D eigenvalue weighted by Crippen LogP contribution is -2.50. The van der Waals surface area contributed by atoms with Gasteiger partial charge in [-0.1, -0.05) is 49.6 Å². The molecule has 0 bridgehead atoms. The number of hydrogen-bond acceptors (Lipinski definition) is 7. The number of aliphatic hydroxyl groups is 1. The quantitative estimate of drug-likeness (QED) is 0.217. The molecule has 42 heavy (non-hydrogen) atoms. The Morgan fingerprint density at radius 3 is 2.38 bits per heavy atom. The molecule has 0 radical (unpaired) electrons. The molecular formula is C33H51N5O4. The summed E-state index contributed by atoms with van der Waals surface area (Å²) in [5.74, 6) is -0.0942. The third-order valence-electron chi connectivity index (χ3n) is 6.43. The molecule has 9 heteroatoms. The summed E-state index contributed by atoms with van der Waals surface area (Å²) in [6.45, 7) is 23.1. The lowest BCUT2D eigenvalue weighted by molar-refractivity contribution is -0.125. The molecule has 0 aliphatic carbocycles. The van der Waals surface area contributed by atoms with Gasteiger partial charge in [0, 0.05) is 51.7 Å². The first kappa shape index (κ1) is 36.5. The van der Waals surface area contributed by atoms with Crippen molar-refractivity contribution < 1.29 is 19.4 Å². The first-order valence-electron chi connectivity index (χ1n) is 14.6. The highest BCUT2D eigenvalue weighted by atomic mass is 16.6. The molecule has 1 unspecified atom stereocenters. The summed E-state index contributed by atoms with van der Waals surface area (Å²) in [7, 11) is 0. The number of rotatable bonds is 15. The normalized spacial score (nSPS) is 16.8. The van der Waals surface area contributed by atoms with Gasteiger partial charge in [0.25, 0.3) is 5.91 Å². The Hall–Kier alpha value is -3.56. The predicted octanol–water partition coefficient (Wildman–Crippen LogP) is 4.98. The van der Waals surface area contributed by atoms with E-state index in [9.17, 15) is 14.7 Å². The second-order valence-corrected chi connectivity index (χ2v) is 10.9. The fraction of sp³-hybridized carbons (Fsp3) is 0.515. The summed E-state index contributed by atoms with van der Waals surface area (Å²) in [5.41, 5.74) is 1.20. The van der Waals surface area contributed by atoms with Gasteiger partial charge in [-0.05, 0) is 65.2 Å². The molecule has 1 heterocycles. The molecule has 1 aliphatic rings. The molecule has 0 spiro atoms. The van der Waals surface area contributed by atoms with Crippen LogP contribution in [-0.4, -0.2) is 108 Å². The van der Waals surface area contributed by atoms with Gasteiger partial charge in [-0.3, -0.25) is 19.7 Å². The van der Waals surface area contributed by atoms with E-state index in [0.29, 0.717) is 31.8 Å². The Labute approximate surface area is 253 Å². The Bertz CT molecular complexity index is 1070. The maximum Gasteiger partial charge on any atom is 0.410 e. The predicted molar refractivity (Wildman–Crippen MR) is 174 cm³/mol. The van der Waals surface area contributed by atoms with Crippen molar-refractivity contribution in [2.45, 2.75) is 59.7 Å². The third-order valence-corrected chi connectivity index (χ3v) is 6.43. The molecule has 1 aliphatic heterocycles. The van der Waals surface area contributed by atoms with Crippen molar-refractivity contribution in [2.75, 3.05) is 52.4 Å². The number of aliphatic imine (C=N–C) groups is 2. The van der Waals surface area contributed by atoms with Crippen LogP contribution in [0.5, 0.6) is 0 Å². The molecule has 0 aromatic carbocycles. The number of carbonyl (C=O) groups is 2. The Morgan fingerprint density at radius 1 is 1.12 bits per heavy atom. The van der Waals surface area contributed by atoms with Crippen LogP contribution in [-0.2, 0) is 9.53 Å². The van der Waals surface area contributed by atoms with Crippen molar-refractivity contribution >= 4 is 23.9 Å². The average molecular weight is 582 g/mol. The minimum atomic E-state index is -0.861. The summed E-state index contributed by atoms with van der Waals surface area (Å²) in [6, 6.07) is 0. The third kappa shape index (κ3) is 14.4. The highest BCUT2D eigenvalue weighted by Gasteiger charge is 2.25. The largest absolute Gasteiger partial charge is 0.444 e. The monoisotopic (exact) mass is 581 g/mol. The van der Waals surface area contributed by atoms with Crippen molar-refractivity contribution in [3.8, 4) is 0 Å². The van der Waals surface area contributed by atoms with E-state index in [0.717, 1.165) is 30.8 Å². The van der Waals surface area contributed by atoms with Crippen molar-refractivity contribution in [3.05, 3.63) is 73.0 Å². The van der Waals surface area contributed by atoms with Crippen molar-refractivity contribution in [1.82, 2.24) is 14.7 Å². The van der Waals surface area contributed by atoms with Gasteiger partial charge in [0.15, 0.2) is 0 Å². The Balaban J connectivity index is 2.80. The van der Waals surface area contributed by atoms with Gasteiger partial charge < -0.3 is 19.6 Å². The van der Waals surface area contributed by atoms with E-state index in [-0.39, 0.29) is 19.0 Å². The molecule has 2 amide bonds. The first-order valence-corrected chi connectivity index (χ1v) is 14.6. The molecule has 0 saturated carbocycles. The van der Waals surface area contributed by atoms with Crippen LogP contribution in [0.1, 0.15) is 48.0 Å². The van der Waals surface area contributed by atoms with E-state index in [1.54, 1.807) is 52.3 Å². The van der Waals surface area contributed by atoms with Gasteiger partial charge in [-0.15, -0.1) is 0 Å². The number of nitrogens with zero attached hydrogens (tertiary/aromatic N) is 5. The van der Waals surface area contributed by atoms with Crippen LogP contribution in [0.15, 0.2) is 83.0 Å². The fourth-order valence-electron chi connectivity index (χ4n) is 4.07. The molecule has 1 saturated heterocycles. The molecule has 0 aromatic heterocycles. The van der Waals surface area contributed by atoms with Crippen molar-refractivity contribution in [1.29, 1.82) is 0 Å². The van der Waals surface area contributed by atoms with Gasteiger partial charge in [0.05, 0.1) is 19.2 Å². The van der Waals surface area contributed by atoms with Crippen LogP contribution in [0.4, 0.5) is 4.79 Å². The summed E-state index contributed by atoms with van der Waals surface area (Å²) in [5, 5.41) is 10.8. The SMILES string of the molecule is C=C/C=C\C=NCCN1CCN(C(=O)C(C)=N/C=C(\C=C)CCN(CC(O)C(/C=C\C)=C/C)C(=O)OC(C)(C)C)CC1. The Kier molecular flexibility index (Phi) is 17.0. The van der Waals surface area contributed by atoms with Crippen molar-refractivity contribution in [3.63, 3.8) is 0 Å². The van der Waals surface area contributed by atoms with E-state index >= 15 is 0 Å². The van der Waals surface area contributed by atoms with Gasteiger partial charge in [0.2, 0.25) is 0 Å². The fourth-order valence-corrected chi connectivity index (χ4v) is 4.07. The lowest BCUT2D eigenvalue weighted by atomic mass is 10.1. The number of hydrogen-bond donors (Lipinski definition) is 1. The summed E-state index contributed by atoms with van der Waals surface area (Å²) < 4.78 is 5.59. The smallest absolute Gasteiger partial charge is 0.410 e. The zero-order valence-electron chi connectivity index (χ0n) is 26.5. The van der Waals surface area contributed by atoms with Crippen molar-refractivity contribution in [2.24, 2.45) is 9.98 Å². The standard InChI is InChI=1S/C33H51N5O4/c1-9-13-14-17-34-18-20-36-21-23-37(24-22-36)31(40)27(5)35-25-28(11-3)16-19-38(32(41)42-33(6,7)8)26-30(39)29(12-4)15-10-2/h9-15,17,25,30,39H,1,3,16,18-24,26H2,2,4-8H3/b14-13-,15-10-,28-25+,29-12+,34-17?,35-27?. The van der Waals surface area contributed by atoms with E-state index in [1.165, 1.54) is 4.90 Å². The minimum Gasteiger partial charge on any atom is -0.444 e. The molecule has 1 fully saturated rings. The van der Waals surface area contributed by atoms with E-state index in [4.69, 9.17) is 4.74 Å². The number of aliphatic hydroxyl groups excluding tert-OH is 1. The van der Waals surface area contributed by atoms with Crippen LogP contribution >= 0.6 is 0 Å². The average Bonchev–Trinajstić information content (AvgIpc) is 2.95. The molecule has 232 valence electrons. The minimum absolute atomic E-state index is 0.0782. The second-order valence-electron chi connectivity index (χ2n) is 10.9. The maximum absolute atomic E-state index is 13.0. The zero-order chi connectivity index (χ0) is 31.5. The van der Waals surface area contributed by atoms with Gasteiger partial charge in [-0.2, -0.15) is 0 Å². The summed E-state index contributed by atoms with van der Waals surface area (Å²) in [4.78, 5) is 40.3. The molecule has 9 nitrogen and oxygen atoms in total. The second kappa shape index (κ2) is 19.5. The van der Waals surface area contributed by atoms with Crippen LogP contribution in [0, 0.1) is 0 Å². The highest BCUT2D eigenvalue weighted by molar-refractivity contribution is 6.38. The summed E-state index contributed by atoms with van der Waals surface area (Å²) >= 11 is 0. The van der Waals surface area contributed by atoms with E-state index in [1.807, 2.05) is 49.1 Å².